The molecule has 0 unspecified atom stereocenters. The van der Waals surface area contributed by atoms with Crippen LogP contribution in [0.3, 0.4) is 0 Å². The molecule has 0 saturated carbocycles. The fourth-order valence-electron chi connectivity index (χ4n) is 2.88. The van der Waals surface area contributed by atoms with Crippen molar-refractivity contribution in [2.75, 3.05) is 6.61 Å². The van der Waals surface area contributed by atoms with Crippen molar-refractivity contribution in [1.82, 2.24) is 5.32 Å². The molecule has 3 nitrogen and oxygen atoms in total. The van der Waals surface area contributed by atoms with Gasteiger partial charge in [0, 0.05) is 0 Å². The summed E-state index contributed by atoms with van der Waals surface area (Å²) in [5, 5.41) is 3.08. The maximum absolute atomic E-state index is 12.3. The van der Waals surface area contributed by atoms with E-state index in [0.29, 0.717) is 5.75 Å². The number of halogens is 1. The number of carbonyl (C=O) groups is 1. The average molecular weight is 404 g/mol. The molecular weight excluding hydrogens is 378 g/mol. The molecule has 2 aromatic rings. The molecule has 4 heteroatoms. The van der Waals surface area contributed by atoms with Gasteiger partial charge in [0.05, 0.1) is 10.5 Å². The Morgan fingerprint density at radius 3 is 2.52 bits per heavy atom. The van der Waals surface area contributed by atoms with Gasteiger partial charge in [-0.05, 0) is 71.4 Å². The lowest BCUT2D eigenvalue weighted by molar-refractivity contribution is -0.123. The molecule has 0 aromatic heterocycles. The van der Waals surface area contributed by atoms with Crippen LogP contribution in [-0.4, -0.2) is 12.5 Å². The summed E-state index contributed by atoms with van der Waals surface area (Å²) in [5.74, 6) is 0.574. The third-order valence-electron chi connectivity index (χ3n) is 4.31. The molecule has 0 saturated heterocycles. The van der Waals surface area contributed by atoms with Crippen LogP contribution >= 0.6 is 15.9 Å². The second-order valence-electron chi connectivity index (χ2n) is 6.30. The number of benzene rings is 2. The lowest BCUT2D eigenvalue weighted by Gasteiger charge is -2.20. The van der Waals surface area contributed by atoms with Crippen LogP contribution in [0.15, 0.2) is 40.9 Å². The van der Waals surface area contributed by atoms with Gasteiger partial charge in [-0.25, -0.2) is 0 Å². The minimum atomic E-state index is -0.113. The van der Waals surface area contributed by atoms with Crippen molar-refractivity contribution in [2.45, 2.75) is 46.6 Å². The van der Waals surface area contributed by atoms with Crippen molar-refractivity contribution in [3.05, 3.63) is 63.1 Å². The Labute approximate surface area is 158 Å². The van der Waals surface area contributed by atoms with Crippen molar-refractivity contribution in [3.8, 4) is 5.75 Å². The van der Waals surface area contributed by atoms with Gasteiger partial charge in [-0.2, -0.15) is 0 Å². The average Bonchev–Trinajstić information content (AvgIpc) is 2.59. The van der Waals surface area contributed by atoms with Crippen LogP contribution in [0.1, 0.15) is 48.6 Å². The van der Waals surface area contributed by atoms with Crippen molar-refractivity contribution in [3.63, 3.8) is 0 Å². The highest BCUT2D eigenvalue weighted by molar-refractivity contribution is 9.10. The van der Waals surface area contributed by atoms with E-state index in [4.69, 9.17) is 4.74 Å². The zero-order valence-corrected chi connectivity index (χ0v) is 16.9. The quantitative estimate of drug-likeness (QED) is 0.682. The smallest absolute Gasteiger partial charge is 0.258 e. The molecule has 0 aliphatic heterocycles. The lowest BCUT2D eigenvalue weighted by Crippen LogP contribution is -2.32. The molecular formula is C21H26BrNO2. The summed E-state index contributed by atoms with van der Waals surface area (Å²) >= 11 is 3.50. The maximum Gasteiger partial charge on any atom is 0.258 e. The molecule has 0 aliphatic carbocycles. The van der Waals surface area contributed by atoms with E-state index in [1.807, 2.05) is 18.2 Å². The van der Waals surface area contributed by atoms with E-state index in [-0.39, 0.29) is 18.6 Å². The molecule has 0 fully saturated rings. The summed E-state index contributed by atoms with van der Waals surface area (Å²) < 4.78 is 6.55. The Kier molecular flexibility index (Phi) is 7.06. The first-order valence-electron chi connectivity index (χ1n) is 8.72. The Balaban J connectivity index is 1.98. The predicted molar refractivity (Wildman–Crippen MR) is 106 cm³/mol. The molecule has 134 valence electrons. The molecule has 1 N–H and O–H groups in total. The largest absolute Gasteiger partial charge is 0.483 e. The van der Waals surface area contributed by atoms with E-state index in [1.54, 1.807) is 0 Å². The molecule has 1 amide bonds. The van der Waals surface area contributed by atoms with Gasteiger partial charge in [-0.3, -0.25) is 4.79 Å². The van der Waals surface area contributed by atoms with Crippen molar-refractivity contribution < 1.29 is 9.53 Å². The third-order valence-corrected chi connectivity index (χ3v) is 4.93. The number of rotatable bonds is 7. The lowest BCUT2D eigenvalue weighted by atomic mass is 9.97. The van der Waals surface area contributed by atoms with Gasteiger partial charge < -0.3 is 10.1 Å². The monoisotopic (exact) mass is 403 g/mol. The van der Waals surface area contributed by atoms with Crippen molar-refractivity contribution in [2.24, 2.45) is 0 Å². The summed E-state index contributed by atoms with van der Waals surface area (Å²) in [6, 6.07) is 12.3. The first-order valence-corrected chi connectivity index (χ1v) is 9.51. The van der Waals surface area contributed by atoms with Crippen LogP contribution in [0, 0.1) is 13.8 Å². The SMILES string of the molecule is CCc1ccc(OCC(=O)N[C@H](CC)c2ccc(C)cc2C)c(Br)c1. The van der Waals surface area contributed by atoms with Crippen LogP contribution in [-0.2, 0) is 11.2 Å². The Morgan fingerprint density at radius 1 is 1.16 bits per heavy atom. The molecule has 0 radical (unpaired) electrons. The van der Waals surface area contributed by atoms with E-state index in [2.05, 4.69) is 67.1 Å². The number of hydrogen-bond acceptors (Lipinski definition) is 2. The van der Waals surface area contributed by atoms with Gasteiger partial charge in [-0.15, -0.1) is 0 Å². The second kappa shape index (κ2) is 9.04. The first kappa shape index (κ1) is 19.5. The molecule has 0 heterocycles. The first-order chi connectivity index (χ1) is 11.9. The molecule has 25 heavy (non-hydrogen) atoms. The van der Waals surface area contributed by atoms with E-state index in [9.17, 15) is 4.79 Å². The molecule has 1 atom stereocenters. The van der Waals surface area contributed by atoms with E-state index in [0.717, 1.165) is 22.9 Å². The predicted octanol–water partition coefficient (Wildman–Crippen LogP) is 5.27. The Morgan fingerprint density at radius 2 is 1.92 bits per heavy atom. The van der Waals surface area contributed by atoms with E-state index >= 15 is 0 Å². The maximum atomic E-state index is 12.3. The third kappa shape index (κ3) is 5.33. The minimum absolute atomic E-state index is 0.00241. The van der Waals surface area contributed by atoms with E-state index in [1.165, 1.54) is 16.7 Å². The summed E-state index contributed by atoms with van der Waals surface area (Å²) in [6.45, 7) is 8.34. The Bertz CT molecular complexity index is 743. The number of amides is 1. The van der Waals surface area contributed by atoms with Crippen molar-refractivity contribution in [1.29, 1.82) is 0 Å². The standard InChI is InChI=1S/C21H26BrNO2/c1-5-16-8-10-20(18(22)12-16)25-13-21(24)23-19(6-2)17-9-7-14(3)11-15(17)4/h7-12,19H,5-6,13H2,1-4H3,(H,23,24)/t19-/m1/s1. The number of carbonyl (C=O) groups excluding carboxylic acids is 1. The van der Waals surface area contributed by atoms with Gasteiger partial charge >= 0.3 is 0 Å². The van der Waals surface area contributed by atoms with Gasteiger partial charge in [0.1, 0.15) is 5.75 Å². The van der Waals surface area contributed by atoms with Gasteiger partial charge in [0.2, 0.25) is 0 Å². The number of nitrogens with one attached hydrogen (secondary N) is 1. The molecule has 0 bridgehead atoms. The molecule has 0 spiro atoms. The van der Waals surface area contributed by atoms with Crippen LogP contribution in [0.4, 0.5) is 0 Å². The number of aryl methyl sites for hydroxylation is 3. The fraction of sp³-hybridized carbons (Fsp3) is 0.381. The summed E-state index contributed by atoms with van der Waals surface area (Å²) in [7, 11) is 0. The normalized spacial score (nSPS) is 11.9. The molecule has 2 aromatic carbocycles. The number of hydrogen-bond donors (Lipinski definition) is 1. The summed E-state index contributed by atoms with van der Waals surface area (Å²) in [5.41, 5.74) is 4.82. The Hall–Kier alpha value is -1.81. The molecule has 2 rings (SSSR count). The van der Waals surface area contributed by atoms with Crippen LogP contribution in [0.25, 0.3) is 0 Å². The highest BCUT2D eigenvalue weighted by atomic mass is 79.9. The van der Waals surface area contributed by atoms with E-state index < -0.39 is 0 Å². The second-order valence-corrected chi connectivity index (χ2v) is 7.15. The topological polar surface area (TPSA) is 38.3 Å². The van der Waals surface area contributed by atoms with Crippen LogP contribution in [0.2, 0.25) is 0 Å². The minimum Gasteiger partial charge on any atom is -0.483 e. The van der Waals surface area contributed by atoms with Gasteiger partial charge in [0.15, 0.2) is 6.61 Å². The summed E-state index contributed by atoms with van der Waals surface area (Å²) in [6.07, 6.45) is 1.80. The fourth-order valence-corrected chi connectivity index (χ4v) is 3.42. The zero-order chi connectivity index (χ0) is 18.4. The zero-order valence-electron chi connectivity index (χ0n) is 15.4. The highest BCUT2D eigenvalue weighted by Gasteiger charge is 2.15. The summed E-state index contributed by atoms with van der Waals surface area (Å²) in [4.78, 5) is 12.3. The highest BCUT2D eigenvalue weighted by Crippen LogP contribution is 2.26. The van der Waals surface area contributed by atoms with Gasteiger partial charge in [-0.1, -0.05) is 43.7 Å². The van der Waals surface area contributed by atoms with Crippen molar-refractivity contribution >= 4 is 21.8 Å². The number of ether oxygens (including phenoxy) is 1. The molecule has 0 aliphatic rings. The van der Waals surface area contributed by atoms with Crippen LogP contribution in [0.5, 0.6) is 5.75 Å². The van der Waals surface area contributed by atoms with Crippen LogP contribution < -0.4 is 10.1 Å². The van der Waals surface area contributed by atoms with Gasteiger partial charge in [0.25, 0.3) is 5.91 Å².